The smallest absolute Gasteiger partial charge is 0.187 e. The van der Waals surface area contributed by atoms with Crippen LogP contribution in [-0.4, -0.2) is 18.5 Å². The number of carbonyl (C=O) groups excluding carboxylic acids is 1. The number of hydrogen-bond acceptors (Lipinski definition) is 2. The highest BCUT2D eigenvalue weighted by Crippen LogP contribution is 2.46. The fourth-order valence-corrected chi connectivity index (χ4v) is 1.83. The minimum atomic E-state index is -0.417. The third-order valence-corrected chi connectivity index (χ3v) is 2.69. The Hall–Kier alpha value is -0.630. The van der Waals surface area contributed by atoms with Crippen LogP contribution in [0.25, 0.3) is 0 Å². The van der Waals surface area contributed by atoms with Crippen LogP contribution in [-0.2, 0) is 9.53 Å². The van der Waals surface area contributed by atoms with Crippen LogP contribution in [0.3, 0.4) is 0 Å². The average Bonchev–Trinajstić information content (AvgIpc) is 2.06. The van der Waals surface area contributed by atoms with Gasteiger partial charge in [0.1, 0.15) is 5.60 Å². The van der Waals surface area contributed by atoms with E-state index in [2.05, 4.69) is 0 Å². The van der Waals surface area contributed by atoms with E-state index in [9.17, 15) is 4.79 Å². The topological polar surface area (TPSA) is 26.3 Å². The largest absolute Gasteiger partial charge is 0.369 e. The molecule has 0 spiro atoms. The van der Waals surface area contributed by atoms with Gasteiger partial charge in [0.15, 0.2) is 5.78 Å². The summed E-state index contributed by atoms with van der Waals surface area (Å²) in [6.07, 6.45) is 5.63. The molecule has 10 heavy (non-hydrogen) atoms. The van der Waals surface area contributed by atoms with Crippen LogP contribution >= 0.6 is 0 Å². The summed E-state index contributed by atoms with van der Waals surface area (Å²) >= 11 is 0. The second-order valence-electron chi connectivity index (χ2n) is 2.96. The van der Waals surface area contributed by atoms with Gasteiger partial charge in [-0.25, -0.2) is 0 Å². The number of rotatable bonds is 1. The molecular formula is C8H10O2. The van der Waals surface area contributed by atoms with Crippen LogP contribution < -0.4 is 0 Å². The molecular weight excluding hydrogens is 128 g/mol. The Morgan fingerprint density at radius 3 is 2.90 bits per heavy atom. The summed E-state index contributed by atoms with van der Waals surface area (Å²) in [5.41, 5.74) is -0.417. The molecule has 0 bridgehead atoms. The molecule has 0 aromatic heterocycles. The number of carbonyl (C=O) groups is 1. The Kier molecular flexibility index (Phi) is 1.04. The first-order valence-electron chi connectivity index (χ1n) is 3.57. The van der Waals surface area contributed by atoms with E-state index >= 15 is 0 Å². The molecule has 2 heteroatoms. The van der Waals surface area contributed by atoms with Crippen LogP contribution in [0.1, 0.15) is 12.8 Å². The van der Waals surface area contributed by atoms with Crippen molar-refractivity contribution in [3.05, 3.63) is 12.2 Å². The van der Waals surface area contributed by atoms with Gasteiger partial charge in [0, 0.05) is 13.0 Å². The van der Waals surface area contributed by atoms with Gasteiger partial charge in [0.05, 0.1) is 0 Å². The van der Waals surface area contributed by atoms with Gasteiger partial charge in [-0.2, -0.15) is 0 Å². The summed E-state index contributed by atoms with van der Waals surface area (Å²) in [6, 6.07) is 0. The Bertz CT molecular complexity index is 203. The van der Waals surface area contributed by atoms with Crippen molar-refractivity contribution in [2.75, 3.05) is 7.11 Å². The second-order valence-corrected chi connectivity index (χ2v) is 2.96. The maximum absolute atomic E-state index is 11.2. The lowest BCUT2D eigenvalue weighted by Crippen LogP contribution is -2.50. The molecule has 0 N–H and O–H groups in total. The van der Waals surface area contributed by atoms with Crippen molar-refractivity contribution < 1.29 is 9.53 Å². The number of ketones is 1. The maximum atomic E-state index is 11.2. The highest BCUT2D eigenvalue weighted by Gasteiger charge is 2.53. The summed E-state index contributed by atoms with van der Waals surface area (Å²) in [6.45, 7) is 0. The predicted octanol–water partition coefficient (Wildman–Crippen LogP) is 0.920. The van der Waals surface area contributed by atoms with Crippen LogP contribution in [0.4, 0.5) is 0 Å². The molecule has 0 aromatic rings. The fourth-order valence-electron chi connectivity index (χ4n) is 1.83. The molecule has 0 aromatic carbocycles. The number of ether oxygens (including phenoxy) is 1. The van der Waals surface area contributed by atoms with Gasteiger partial charge in [-0.05, 0) is 18.9 Å². The molecule has 0 radical (unpaired) electrons. The fraction of sp³-hybridized carbons (Fsp3) is 0.625. The van der Waals surface area contributed by atoms with E-state index in [-0.39, 0.29) is 5.78 Å². The maximum Gasteiger partial charge on any atom is 0.187 e. The number of hydrogen-bond donors (Lipinski definition) is 0. The summed E-state index contributed by atoms with van der Waals surface area (Å²) in [5, 5.41) is 0. The van der Waals surface area contributed by atoms with Gasteiger partial charge in [0.2, 0.25) is 0 Å². The van der Waals surface area contributed by atoms with Crippen LogP contribution in [0.5, 0.6) is 0 Å². The Morgan fingerprint density at radius 2 is 2.60 bits per heavy atom. The van der Waals surface area contributed by atoms with Crippen molar-refractivity contribution in [2.45, 2.75) is 18.4 Å². The first-order chi connectivity index (χ1) is 4.79. The Balaban J connectivity index is 2.30. The van der Waals surface area contributed by atoms with E-state index in [1.54, 1.807) is 13.2 Å². The zero-order chi connectivity index (χ0) is 7.19. The number of methoxy groups -OCH3 is 1. The molecule has 1 saturated carbocycles. The van der Waals surface area contributed by atoms with Gasteiger partial charge in [-0.15, -0.1) is 0 Å². The van der Waals surface area contributed by atoms with Gasteiger partial charge in [-0.1, -0.05) is 6.08 Å². The summed E-state index contributed by atoms with van der Waals surface area (Å²) in [5.74, 6) is 0.538. The minimum absolute atomic E-state index is 0.159. The molecule has 2 aliphatic rings. The standard InChI is InChI=1S/C8H10O2/c1-10-8-5-4-6(8)2-3-7(8)9/h2-3,6H,4-5H2,1H3/t6-,8-/m0/s1. The highest BCUT2D eigenvalue weighted by molar-refractivity contribution is 6.01. The van der Waals surface area contributed by atoms with E-state index < -0.39 is 5.60 Å². The first kappa shape index (κ1) is 6.10. The molecule has 2 aliphatic carbocycles. The Morgan fingerprint density at radius 1 is 1.80 bits per heavy atom. The van der Waals surface area contributed by atoms with Crippen molar-refractivity contribution in [2.24, 2.45) is 5.92 Å². The van der Waals surface area contributed by atoms with Crippen molar-refractivity contribution in [1.29, 1.82) is 0 Å². The van der Waals surface area contributed by atoms with Gasteiger partial charge >= 0.3 is 0 Å². The summed E-state index contributed by atoms with van der Waals surface area (Å²) < 4.78 is 5.20. The zero-order valence-corrected chi connectivity index (χ0v) is 5.96. The molecule has 1 fully saturated rings. The summed E-state index contributed by atoms with van der Waals surface area (Å²) in [4.78, 5) is 11.2. The van der Waals surface area contributed by atoms with Crippen molar-refractivity contribution in [3.63, 3.8) is 0 Å². The molecule has 0 aliphatic heterocycles. The monoisotopic (exact) mass is 138 g/mol. The molecule has 0 amide bonds. The first-order valence-corrected chi connectivity index (χ1v) is 3.57. The number of fused-ring (bicyclic) bond motifs is 1. The lowest BCUT2D eigenvalue weighted by Gasteiger charge is -2.41. The SMILES string of the molecule is CO[C@@]12CC[C@@H]1C=CC2=O. The van der Waals surface area contributed by atoms with Crippen LogP contribution in [0.15, 0.2) is 12.2 Å². The van der Waals surface area contributed by atoms with E-state index in [0.29, 0.717) is 5.92 Å². The van der Waals surface area contributed by atoms with Crippen LogP contribution in [0, 0.1) is 5.92 Å². The zero-order valence-electron chi connectivity index (χ0n) is 5.96. The van der Waals surface area contributed by atoms with Crippen molar-refractivity contribution >= 4 is 5.78 Å². The lowest BCUT2D eigenvalue weighted by molar-refractivity contribution is -0.151. The highest BCUT2D eigenvalue weighted by atomic mass is 16.5. The Labute approximate surface area is 59.9 Å². The van der Waals surface area contributed by atoms with E-state index in [1.807, 2.05) is 6.08 Å². The predicted molar refractivity (Wildman–Crippen MR) is 36.6 cm³/mol. The molecule has 0 unspecified atom stereocenters. The van der Waals surface area contributed by atoms with E-state index in [0.717, 1.165) is 12.8 Å². The van der Waals surface area contributed by atoms with Crippen LogP contribution in [0.2, 0.25) is 0 Å². The molecule has 54 valence electrons. The normalized spacial score (nSPS) is 43.3. The molecule has 0 saturated heterocycles. The van der Waals surface area contributed by atoms with Gasteiger partial charge < -0.3 is 4.74 Å². The third kappa shape index (κ3) is 0.465. The third-order valence-electron chi connectivity index (χ3n) is 2.69. The average molecular weight is 138 g/mol. The lowest BCUT2D eigenvalue weighted by atomic mass is 9.71. The molecule has 2 nitrogen and oxygen atoms in total. The van der Waals surface area contributed by atoms with Gasteiger partial charge in [-0.3, -0.25) is 4.79 Å². The minimum Gasteiger partial charge on any atom is -0.369 e. The van der Waals surface area contributed by atoms with E-state index in [1.165, 1.54) is 0 Å². The second kappa shape index (κ2) is 1.70. The quantitative estimate of drug-likeness (QED) is 0.538. The molecule has 0 heterocycles. The molecule has 2 atom stereocenters. The van der Waals surface area contributed by atoms with Gasteiger partial charge in [0.25, 0.3) is 0 Å². The van der Waals surface area contributed by atoms with E-state index in [4.69, 9.17) is 4.74 Å². The summed E-state index contributed by atoms with van der Waals surface area (Å²) in [7, 11) is 1.62. The van der Waals surface area contributed by atoms with Crippen molar-refractivity contribution in [3.8, 4) is 0 Å². The van der Waals surface area contributed by atoms with Crippen molar-refractivity contribution in [1.82, 2.24) is 0 Å². The molecule has 2 rings (SSSR count).